The Labute approximate surface area is 89.4 Å². The molecule has 5 heteroatoms. The molecule has 1 heterocycles. The smallest absolute Gasteiger partial charge is 0.228 e. The largest absolute Gasteiger partial charge is 0.330 e. The molecule has 1 aromatic heterocycles. The summed E-state index contributed by atoms with van der Waals surface area (Å²) in [6.07, 6.45) is 0.689. The summed E-state index contributed by atoms with van der Waals surface area (Å²) in [6.45, 7) is 6.22. The van der Waals surface area contributed by atoms with Crippen LogP contribution in [-0.4, -0.2) is 22.6 Å². The van der Waals surface area contributed by atoms with Crippen LogP contribution in [0.1, 0.15) is 24.6 Å². The first-order chi connectivity index (χ1) is 7.06. The van der Waals surface area contributed by atoms with Crippen molar-refractivity contribution in [2.75, 3.05) is 11.9 Å². The normalized spacial score (nSPS) is 12.5. The second-order valence-corrected chi connectivity index (χ2v) is 3.79. The third-order valence-electron chi connectivity index (χ3n) is 2.54. The lowest BCUT2D eigenvalue weighted by atomic mass is 10.1. The van der Waals surface area contributed by atoms with Crippen molar-refractivity contribution in [3.05, 3.63) is 11.3 Å². The number of anilines is 1. The molecule has 0 aliphatic rings. The first-order valence-electron chi connectivity index (χ1n) is 5.08. The molecule has 0 saturated carbocycles. The molecule has 0 aliphatic heterocycles. The first-order valence-corrected chi connectivity index (χ1v) is 5.08. The van der Waals surface area contributed by atoms with E-state index in [4.69, 9.17) is 5.73 Å². The number of aromatic nitrogens is 2. The Balaban J connectivity index is 2.62. The van der Waals surface area contributed by atoms with Gasteiger partial charge in [0.15, 0.2) is 5.82 Å². The summed E-state index contributed by atoms with van der Waals surface area (Å²) in [5, 5.41) is 9.61. The van der Waals surface area contributed by atoms with Gasteiger partial charge in [-0.25, -0.2) is 0 Å². The standard InChI is InChI=1S/C10H18N4O/c1-6(4-5-11)10(15)12-9-7(2)8(3)13-14-9/h6H,4-5,11H2,1-3H3,(H2,12,13,14,15). The lowest BCUT2D eigenvalue weighted by Gasteiger charge is -2.09. The zero-order valence-corrected chi connectivity index (χ0v) is 9.42. The third kappa shape index (κ3) is 2.79. The molecule has 0 bridgehead atoms. The van der Waals surface area contributed by atoms with Crippen LogP contribution in [0.5, 0.6) is 0 Å². The number of nitrogens with one attached hydrogen (secondary N) is 2. The number of amides is 1. The molecule has 5 nitrogen and oxygen atoms in total. The highest BCUT2D eigenvalue weighted by atomic mass is 16.1. The maximum atomic E-state index is 11.6. The number of carbonyl (C=O) groups excluding carboxylic acids is 1. The van der Waals surface area contributed by atoms with Crippen LogP contribution in [0.4, 0.5) is 5.82 Å². The number of aromatic amines is 1. The van der Waals surface area contributed by atoms with Crippen LogP contribution in [-0.2, 0) is 4.79 Å². The van der Waals surface area contributed by atoms with Gasteiger partial charge in [-0.2, -0.15) is 5.10 Å². The monoisotopic (exact) mass is 210 g/mol. The fraction of sp³-hybridized carbons (Fsp3) is 0.600. The number of nitrogens with two attached hydrogens (primary N) is 1. The Kier molecular flexibility index (Phi) is 3.85. The van der Waals surface area contributed by atoms with Gasteiger partial charge in [-0.15, -0.1) is 0 Å². The summed E-state index contributed by atoms with van der Waals surface area (Å²) in [4.78, 5) is 11.6. The molecule has 1 atom stereocenters. The predicted octanol–water partition coefficient (Wildman–Crippen LogP) is 0.950. The molecule has 1 amide bonds. The summed E-state index contributed by atoms with van der Waals surface area (Å²) in [6, 6.07) is 0. The molecule has 0 aliphatic carbocycles. The zero-order chi connectivity index (χ0) is 11.4. The minimum atomic E-state index is -0.0774. The van der Waals surface area contributed by atoms with Crippen molar-refractivity contribution in [3.63, 3.8) is 0 Å². The van der Waals surface area contributed by atoms with E-state index in [0.29, 0.717) is 18.8 Å². The van der Waals surface area contributed by atoms with E-state index in [1.54, 1.807) is 0 Å². The third-order valence-corrected chi connectivity index (χ3v) is 2.54. The Bertz CT molecular complexity index is 345. The number of H-pyrrole nitrogens is 1. The van der Waals surface area contributed by atoms with Gasteiger partial charge >= 0.3 is 0 Å². The molecule has 1 aromatic rings. The fourth-order valence-electron chi connectivity index (χ4n) is 1.23. The van der Waals surface area contributed by atoms with Crippen LogP contribution < -0.4 is 11.1 Å². The molecule has 15 heavy (non-hydrogen) atoms. The maximum absolute atomic E-state index is 11.6. The second kappa shape index (κ2) is 4.93. The summed E-state index contributed by atoms with van der Waals surface area (Å²) >= 11 is 0. The van der Waals surface area contributed by atoms with E-state index in [-0.39, 0.29) is 11.8 Å². The minimum absolute atomic E-state index is 0.0324. The first kappa shape index (κ1) is 11.7. The lowest BCUT2D eigenvalue weighted by molar-refractivity contribution is -0.119. The molecular weight excluding hydrogens is 192 g/mol. The van der Waals surface area contributed by atoms with E-state index in [1.165, 1.54) is 0 Å². The van der Waals surface area contributed by atoms with Gasteiger partial charge in [0.25, 0.3) is 0 Å². The van der Waals surface area contributed by atoms with E-state index >= 15 is 0 Å². The van der Waals surface area contributed by atoms with E-state index in [0.717, 1.165) is 11.3 Å². The van der Waals surface area contributed by atoms with Gasteiger partial charge in [0.05, 0.1) is 0 Å². The predicted molar refractivity (Wildman–Crippen MR) is 59.5 cm³/mol. The Morgan fingerprint density at radius 3 is 2.73 bits per heavy atom. The Morgan fingerprint density at radius 1 is 1.60 bits per heavy atom. The molecule has 0 aromatic carbocycles. The minimum Gasteiger partial charge on any atom is -0.330 e. The summed E-state index contributed by atoms with van der Waals surface area (Å²) in [5.41, 5.74) is 7.34. The van der Waals surface area contributed by atoms with Crippen molar-refractivity contribution in [1.29, 1.82) is 0 Å². The molecule has 1 rings (SSSR count). The highest BCUT2D eigenvalue weighted by Gasteiger charge is 2.14. The molecule has 0 spiro atoms. The fourth-order valence-corrected chi connectivity index (χ4v) is 1.23. The van der Waals surface area contributed by atoms with Crippen molar-refractivity contribution >= 4 is 11.7 Å². The van der Waals surface area contributed by atoms with Crippen molar-refractivity contribution in [2.24, 2.45) is 11.7 Å². The van der Waals surface area contributed by atoms with Crippen LogP contribution in [0.15, 0.2) is 0 Å². The number of nitrogens with zero attached hydrogens (tertiary/aromatic N) is 1. The van der Waals surface area contributed by atoms with Crippen molar-refractivity contribution in [3.8, 4) is 0 Å². The summed E-state index contributed by atoms with van der Waals surface area (Å²) < 4.78 is 0. The molecule has 1 unspecified atom stereocenters. The van der Waals surface area contributed by atoms with Gasteiger partial charge in [-0.1, -0.05) is 6.92 Å². The van der Waals surface area contributed by atoms with E-state index in [9.17, 15) is 4.79 Å². The molecule has 0 radical (unpaired) electrons. The van der Waals surface area contributed by atoms with Crippen LogP contribution in [0.3, 0.4) is 0 Å². The summed E-state index contributed by atoms with van der Waals surface area (Å²) in [5.74, 6) is 0.503. The molecule has 0 fully saturated rings. The lowest BCUT2D eigenvalue weighted by Crippen LogP contribution is -2.23. The quantitative estimate of drug-likeness (QED) is 0.691. The number of carbonyl (C=O) groups is 1. The highest BCUT2D eigenvalue weighted by Crippen LogP contribution is 2.15. The van der Waals surface area contributed by atoms with Gasteiger partial charge in [-0.05, 0) is 26.8 Å². The molecule has 0 saturated heterocycles. The van der Waals surface area contributed by atoms with Gasteiger partial charge in [-0.3, -0.25) is 9.89 Å². The van der Waals surface area contributed by atoms with Gasteiger partial charge in [0.1, 0.15) is 0 Å². The van der Waals surface area contributed by atoms with E-state index < -0.39 is 0 Å². The van der Waals surface area contributed by atoms with Gasteiger partial charge in [0, 0.05) is 17.2 Å². The second-order valence-electron chi connectivity index (χ2n) is 3.79. The SMILES string of the molecule is Cc1[nH]nc(NC(=O)C(C)CCN)c1C. The topological polar surface area (TPSA) is 83.8 Å². The average Bonchev–Trinajstić information content (AvgIpc) is 2.50. The number of hydrogen-bond acceptors (Lipinski definition) is 3. The molecular formula is C10H18N4O. The van der Waals surface area contributed by atoms with Crippen LogP contribution in [0.25, 0.3) is 0 Å². The maximum Gasteiger partial charge on any atom is 0.228 e. The number of aryl methyl sites for hydroxylation is 1. The van der Waals surface area contributed by atoms with Gasteiger partial charge < -0.3 is 11.1 Å². The van der Waals surface area contributed by atoms with Crippen molar-refractivity contribution < 1.29 is 4.79 Å². The van der Waals surface area contributed by atoms with Crippen molar-refractivity contribution in [1.82, 2.24) is 10.2 Å². The average molecular weight is 210 g/mol. The van der Waals surface area contributed by atoms with E-state index in [2.05, 4.69) is 15.5 Å². The number of hydrogen-bond donors (Lipinski definition) is 3. The highest BCUT2D eigenvalue weighted by molar-refractivity contribution is 5.92. The van der Waals surface area contributed by atoms with Gasteiger partial charge in [0.2, 0.25) is 5.91 Å². The molecule has 4 N–H and O–H groups in total. The number of rotatable bonds is 4. The Morgan fingerprint density at radius 2 is 2.27 bits per heavy atom. The van der Waals surface area contributed by atoms with Crippen LogP contribution >= 0.6 is 0 Å². The van der Waals surface area contributed by atoms with E-state index in [1.807, 2.05) is 20.8 Å². The molecule has 84 valence electrons. The Hall–Kier alpha value is -1.36. The summed E-state index contributed by atoms with van der Waals surface area (Å²) in [7, 11) is 0. The van der Waals surface area contributed by atoms with Crippen molar-refractivity contribution in [2.45, 2.75) is 27.2 Å². The zero-order valence-electron chi connectivity index (χ0n) is 9.42. The van der Waals surface area contributed by atoms with Crippen LogP contribution in [0.2, 0.25) is 0 Å². The van der Waals surface area contributed by atoms with Crippen LogP contribution in [0, 0.1) is 19.8 Å².